The Morgan fingerprint density at radius 3 is 2.35 bits per heavy atom. The smallest absolute Gasteiger partial charge is 0.239 e. The summed E-state index contributed by atoms with van der Waals surface area (Å²) < 4.78 is 0. The molecule has 0 aromatic heterocycles. The zero-order valence-corrected chi connectivity index (χ0v) is 13.4. The third kappa shape index (κ3) is 4.81. The highest BCUT2D eigenvalue weighted by atomic mass is 32.1. The van der Waals surface area contributed by atoms with Crippen LogP contribution in [0, 0.1) is 0 Å². The molecule has 0 aliphatic carbocycles. The molecule has 3 N–H and O–H groups in total. The topological polar surface area (TPSA) is 58.4 Å². The van der Waals surface area contributed by atoms with E-state index in [0.29, 0.717) is 11.5 Å². The third-order valence-corrected chi connectivity index (χ3v) is 3.57. The number of likely N-dealkylation sites (N-methyl/N-ethyl adjacent to an activating group) is 1. The maximum absolute atomic E-state index is 12.0. The van der Waals surface area contributed by atoms with Gasteiger partial charge in [0.2, 0.25) is 5.91 Å². The van der Waals surface area contributed by atoms with Gasteiger partial charge < -0.3 is 16.0 Å². The fraction of sp³-hybridized carbons (Fsp3) is 0.467. The van der Waals surface area contributed by atoms with Gasteiger partial charge in [-0.15, -0.1) is 0 Å². The molecule has 0 saturated heterocycles. The number of nitrogens with one attached hydrogen (secondary N) is 1. The molecule has 5 heteroatoms. The molecule has 20 heavy (non-hydrogen) atoms. The average Bonchev–Trinajstić information content (AvgIpc) is 2.38. The Hall–Kier alpha value is -1.62. The van der Waals surface area contributed by atoms with Crippen molar-refractivity contribution in [1.82, 2.24) is 5.32 Å². The van der Waals surface area contributed by atoms with E-state index in [1.54, 1.807) is 0 Å². The Bertz CT molecular complexity index is 482. The van der Waals surface area contributed by atoms with Crippen LogP contribution < -0.4 is 16.0 Å². The molecular weight excluding hydrogens is 270 g/mol. The van der Waals surface area contributed by atoms with E-state index in [2.05, 4.69) is 12.2 Å². The number of hydrogen-bond donors (Lipinski definition) is 2. The van der Waals surface area contributed by atoms with Crippen LogP contribution in [-0.4, -0.2) is 30.0 Å². The predicted molar refractivity (Wildman–Crippen MR) is 88.1 cm³/mol. The number of anilines is 1. The van der Waals surface area contributed by atoms with E-state index < -0.39 is 0 Å². The van der Waals surface area contributed by atoms with Crippen molar-refractivity contribution in [1.29, 1.82) is 0 Å². The van der Waals surface area contributed by atoms with Gasteiger partial charge in [-0.05, 0) is 44.5 Å². The van der Waals surface area contributed by atoms with E-state index in [4.69, 9.17) is 18.0 Å². The number of hydrogen-bond acceptors (Lipinski definition) is 3. The highest BCUT2D eigenvalue weighted by Crippen LogP contribution is 2.14. The van der Waals surface area contributed by atoms with Crippen LogP contribution in [0.5, 0.6) is 0 Å². The molecule has 1 aromatic rings. The summed E-state index contributed by atoms with van der Waals surface area (Å²) in [4.78, 5) is 14.3. The summed E-state index contributed by atoms with van der Waals surface area (Å²) in [5, 5.41) is 3.01. The van der Waals surface area contributed by atoms with Crippen LogP contribution in [0.1, 0.15) is 32.8 Å². The second-order valence-corrected chi connectivity index (χ2v) is 5.99. The van der Waals surface area contributed by atoms with Gasteiger partial charge in [-0.2, -0.15) is 0 Å². The molecule has 110 valence electrons. The first kappa shape index (κ1) is 16.4. The minimum atomic E-state index is -0.173. The van der Waals surface area contributed by atoms with Crippen LogP contribution in [0.15, 0.2) is 24.3 Å². The van der Waals surface area contributed by atoms with E-state index in [9.17, 15) is 4.79 Å². The minimum Gasteiger partial charge on any atom is -0.389 e. The Balaban J connectivity index is 2.64. The monoisotopic (exact) mass is 293 g/mol. The van der Waals surface area contributed by atoms with Crippen LogP contribution in [-0.2, 0) is 4.79 Å². The fourth-order valence-electron chi connectivity index (χ4n) is 1.69. The molecule has 1 amide bonds. The Morgan fingerprint density at radius 1 is 1.35 bits per heavy atom. The molecule has 1 rings (SSSR count). The first-order chi connectivity index (χ1) is 9.25. The van der Waals surface area contributed by atoms with E-state index in [0.717, 1.165) is 17.7 Å². The second-order valence-electron chi connectivity index (χ2n) is 5.55. The highest BCUT2D eigenvalue weighted by molar-refractivity contribution is 7.80. The third-order valence-electron chi connectivity index (χ3n) is 3.34. The Labute approximate surface area is 126 Å². The molecule has 0 atom stereocenters. The molecule has 0 unspecified atom stereocenters. The fourth-order valence-corrected chi connectivity index (χ4v) is 1.83. The Morgan fingerprint density at radius 2 is 1.90 bits per heavy atom. The van der Waals surface area contributed by atoms with Crippen molar-refractivity contribution in [2.24, 2.45) is 5.73 Å². The zero-order chi connectivity index (χ0) is 15.3. The SMILES string of the molecule is CCC(C)(C)NC(=O)CN(C)c1ccc(C(N)=S)cc1. The van der Waals surface area contributed by atoms with Crippen molar-refractivity contribution in [3.63, 3.8) is 0 Å². The molecule has 0 saturated carbocycles. The van der Waals surface area contributed by atoms with Crippen molar-refractivity contribution in [2.45, 2.75) is 32.7 Å². The number of amides is 1. The van der Waals surface area contributed by atoms with Gasteiger partial charge in [-0.3, -0.25) is 4.79 Å². The van der Waals surface area contributed by atoms with Crippen LogP contribution in [0.2, 0.25) is 0 Å². The average molecular weight is 293 g/mol. The maximum Gasteiger partial charge on any atom is 0.239 e. The van der Waals surface area contributed by atoms with Crippen molar-refractivity contribution >= 4 is 28.8 Å². The number of carbonyl (C=O) groups is 1. The molecule has 0 aliphatic rings. The van der Waals surface area contributed by atoms with Crippen molar-refractivity contribution in [3.8, 4) is 0 Å². The maximum atomic E-state index is 12.0. The summed E-state index contributed by atoms with van der Waals surface area (Å²) in [5.41, 5.74) is 7.17. The van der Waals surface area contributed by atoms with Gasteiger partial charge in [0.25, 0.3) is 0 Å². The van der Waals surface area contributed by atoms with Gasteiger partial charge in [0.05, 0.1) is 6.54 Å². The number of nitrogens with two attached hydrogens (primary N) is 1. The highest BCUT2D eigenvalue weighted by Gasteiger charge is 2.18. The molecule has 0 heterocycles. The zero-order valence-electron chi connectivity index (χ0n) is 12.6. The van der Waals surface area contributed by atoms with Crippen LogP contribution in [0.25, 0.3) is 0 Å². The molecule has 0 spiro atoms. The van der Waals surface area contributed by atoms with E-state index in [1.165, 1.54) is 0 Å². The number of rotatable bonds is 6. The molecule has 0 radical (unpaired) electrons. The van der Waals surface area contributed by atoms with Crippen molar-refractivity contribution in [3.05, 3.63) is 29.8 Å². The molecule has 0 bridgehead atoms. The quantitative estimate of drug-likeness (QED) is 0.788. The van der Waals surface area contributed by atoms with Gasteiger partial charge in [0.1, 0.15) is 4.99 Å². The van der Waals surface area contributed by atoms with Gasteiger partial charge in [-0.25, -0.2) is 0 Å². The summed E-state index contributed by atoms with van der Waals surface area (Å²) >= 11 is 4.91. The summed E-state index contributed by atoms with van der Waals surface area (Å²) in [6.45, 7) is 6.40. The molecule has 0 aliphatic heterocycles. The molecule has 1 aromatic carbocycles. The van der Waals surface area contributed by atoms with Gasteiger partial charge in [0.15, 0.2) is 0 Å². The number of benzene rings is 1. The molecule has 0 fully saturated rings. The lowest BCUT2D eigenvalue weighted by Gasteiger charge is -2.27. The summed E-state index contributed by atoms with van der Waals surface area (Å²) in [6, 6.07) is 7.55. The normalized spacial score (nSPS) is 11.0. The first-order valence-corrected chi connectivity index (χ1v) is 7.08. The van der Waals surface area contributed by atoms with Gasteiger partial charge in [-0.1, -0.05) is 19.1 Å². The summed E-state index contributed by atoms with van der Waals surface area (Å²) in [7, 11) is 1.88. The largest absolute Gasteiger partial charge is 0.389 e. The first-order valence-electron chi connectivity index (χ1n) is 6.67. The van der Waals surface area contributed by atoms with E-state index in [-0.39, 0.29) is 11.4 Å². The van der Waals surface area contributed by atoms with Gasteiger partial charge >= 0.3 is 0 Å². The van der Waals surface area contributed by atoms with Gasteiger partial charge in [0, 0.05) is 23.8 Å². The standard InChI is InChI=1S/C15H23N3OS/c1-5-15(2,3)17-13(19)10-18(4)12-8-6-11(7-9-12)14(16)20/h6-9H,5,10H2,1-4H3,(H2,16,20)(H,17,19). The second kappa shape index (κ2) is 6.70. The number of nitrogens with zero attached hydrogens (tertiary/aromatic N) is 1. The summed E-state index contributed by atoms with van der Waals surface area (Å²) in [5.74, 6) is 0.0118. The molecule has 4 nitrogen and oxygen atoms in total. The van der Waals surface area contributed by atoms with Crippen molar-refractivity contribution in [2.75, 3.05) is 18.5 Å². The Kier molecular flexibility index (Phi) is 5.51. The van der Waals surface area contributed by atoms with Crippen LogP contribution >= 0.6 is 12.2 Å². The van der Waals surface area contributed by atoms with Crippen LogP contribution in [0.4, 0.5) is 5.69 Å². The lowest BCUT2D eigenvalue weighted by atomic mass is 10.0. The molecular formula is C15H23N3OS. The predicted octanol–water partition coefficient (Wildman–Crippen LogP) is 2.06. The lowest BCUT2D eigenvalue weighted by molar-refractivity contribution is -0.121. The number of thiocarbonyl (C=S) groups is 1. The van der Waals surface area contributed by atoms with Crippen LogP contribution in [0.3, 0.4) is 0 Å². The van der Waals surface area contributed by atoms with E-state index >= 15 is 0 Å². The summed E-state index contributed by atoms with van der Waals surface area (Å²) in [6.07, 6.45) is 0.894. The number of carbonyl (C=O) groups excluding carboxylic acids is 1. The van der Waals surface area contributed by atoms with Crippen molar-refractivity contribution < 1.29 is 4.79 Å². The lowest BCUT2D eigenvalue weighted by Crippen LogP contribution is -2.46. The van der Waals surface area contributed by atoms with E-state index in [1.807, 2.05) is 50.1 Å². The minimum absolute atomic E-state index is 0.0118.